The second kappa shape index (κ2) is 7.96. The predicted octanol–water partition coefficient (Wildman–Crippen LogP) is 3.65. The van der Waals surface area contributed by atoms with E-state index in [2.05, 4.69) is 21.2 Å². The van der Waals surface area contributed by atoms with Crippen LogP contribution < -0.4 is 10.1 Å². The Bertz CT molecular complexity index is 631. The number of hydrogen-bond acceptors (Lipinski definition) is 3. The lowest BCUT2D eigenvalue weighted by atomic mass is 10.1. The molecule has 5 heteroatoms. The van der Waals surface area contributed by atoms with Gasteiger partial charge in [-0.1, -0.05) is 52.3 Å². The lowest BCUT2D eigenvalue weighted by Crippen LogP contribution is -2.09. The van der Waals surface area contributed by atoms with Gasteiger partial charge in [-0.25, -0.2) is 0 Å². The summed E-state index contributed by atoms with van der Waals surface area (Å²) in [5, 5.41) is 13.1. The summed E-state index contributed by atoms with van der Waals surface area (Å²) in [6.07, 6.45) is -0.629. The van der Waals surface area contributed by atoms with Crippen LogP contribution in [-0.2, 0) is 11.4 Å². The molecule has 0 aliphatic carbocycles. The van der Waals surface area contributed by atoms with Gasteiger partial charge in [0.15, 0.2) is 0 Å². The van der Waals surface area contributed by atoms with E-state index in [1.807, 2.05) is 30.3 Å². The Kier molecular flexibility index (Phi) is 5.98. The number of carbonyl (C=O) groups is 1. The molecule has 1 amide bonds. The van der Waals surface area contributed by atoms with Gasteiger partial charge in [-0.15, -0.1) is 0 Å². The molecule has 0 aliphatic heterocycles. The second-order valence-electron chi connectivity index (χ2n) is 4.88. The molecule has 1 atom stereocenters. The highest BCUT2D eigenvalue weighted by molar-refractivity contribution is 9.09. The molecule has 0 radical (unpaired) electrons. The van der Waals surface area contributed by atoms with Gasteiger partial charge in [-0.2, -0.15) is 0 Å². The molecule has 0 saturated carbocycles. The van der Waals surface area contributed by atoms with Crippen LogP contribution in [0.15, 0.2) is 48.5 Å². The fourth-order valence-electron chi connectivity index (χ4n) is 1.99. The number of hydrogen-bond donors (Lipinski definition) is 2. The number of ether oxygens (including phenoxy) is 1. The van der Waals surface area contributed by atoms with Gasteiger partial charge in [-0.3, -0.25) is 4.79 Å². The normalized spacial score (nSPS) is 11.8. The Balaban J connectivity index is 2.19. The zero-order valence-corrected chi connectivity index (χ0v) is 13.8. The molecule has 2 N–H and O–H groups in total. The summed E-state index contributed by atoms with van der Waals surface area (Å²) < 4.78 is 5.78. The van der Waals surface area contributed by atoms with Gasteiger partial charge in [-0.05, 0) is 23.3 Å². The van der Waals surface area contributed by atoms with Crippen LogP contribution in [-0.4, -0.2) is 16.3 Å². The Morgan fingerprint density at radius 3 is 2.64 bits per heavy atom. The van der Waals surface area contributed by atoms with Crippen LogP contribution in [0.3, 0.4) is 0 Å². The van der Waals surface area contributed by atoms with Crippen molar-refractivity contribution in [3.63, 3.8) is 0 Å². The number of alkyl halides is 1. The molecule has 0 fully saturated rings. The van der Waals surface area contributed by atoms with Crippen LogP contribution in [0, 0.1) is 0 Å². The highest BCUT2D eigenvalue weighted by atomic mass is 79.9. The highest BCUT2D eigenvalue weighted by Crippen LogP contribution is 2.29. The van der Waals surface area contributed by atoms with Crippen molar-refractivity contribution >= 4 is 27.5 Å². The Morgan fingerprint density at radius 2 is 2.00 bits per heavy atom. The maximum Gasteiger partial charge on any atom is 0.221 e. The molecule has 0 spiro atoms. The van der Waals surface area contributed by atoms with Gasteiger partial charge in [0.1, 0.15) is 12.4 Å². The van der Waals surface area contributed by atoms with Crippen molar-refractivity contribution in [3.05, 3.63) is 59.7 Å². The minimum absolute atomic E-state index is 0.185. The van der Waals surface area contributed by atoms with E-state index in [0.717, 1.165) is 5.56 Å². The molecule has 0 bridgehead atoms. The summed E-state index contributed by atoms with van der Waals surface area (Å²) in [5.74, 6) is 0.389. The van der Waals surface area contributed by atoms with Crippen LogP contribution >= 0.6 is 15.9 Å². The SMILES string of the molecule is CC(=O)Nc1cc(C(O)CBr)ccc1OCc1ccccc1. The lowest BCUT2D eigenvalue weighted by Gasteiger charge is -2.15. The maximum absolute atomic E-state index is 11.4. The van der Waals surface area contributed by atoms with E-state index >= 15 is 0 Å². The van der Waals surface area contributed by atoms with Crippen molar-refractivity contribution in [2.24, 2.45) is 0 Å². The highest BCUT2D eigenvalue weighted by Gasteiger charge is 2.11. The first-order valence-electron chi connectivity index (χ1n) is 6.92. The number of halogens is 1. The molecule has 2 aromatic carbocycles. The standard InChI is InChI=1S/C17H18BrNO3/c1-12(20)19-15-9-14(16(21)10-18)7-8-17(15)22-11-13-5-3-2-4-6-13/h2-9,16,21H,10-11H2,1H3,(H,19,20). The average Bonchev–Trinajstić information content (AvgIpc) is 2.53. The number of rotatable bonds is 6. The zero-order valence-electron chi connectivity index (χ0n) is 12.3. The van der Waals surface area contributed by atoms with Crippen LogP contribution in [0.25, 0.3) is 0 Å². The quantitative estimate of drug-likeness (QED) is 0.770. The second-order valence-corrected chi connectivity index (χ2v) is 5.53. The van der Waals surface area contributed by atoms with E-state index in [9.17, 15) is 9.90 Å². The van der Waals surface area contributed by atoms with Gasteiger partial charge >= 0.3 is 0 Å². The predicted molar refractivity (Wildman–Crippen MR) is 90.3 cm³/mol. The molecule has 0 aliphatic rings. The summed E-state index contributed by atoms with van der Waals surface area (Å²) in [5.41, 5.74) is 2.31. The molecule has 4 nitrogen and oxygen atoms in total. The number of aliphatic hydroxyl groups excluding tert-OH is 1. The monoisotopic (exact) mass is 363 g/mol. The van der Waals surface area contributed by atoms with Crippen LogP contribution in [0.2, 0.25) is 0 Å². The molecule has 2 aromatic rings. The molecular formula is C17H18BrNO3. The number of carbonyl (C=O) groups excluding carboxylic acids is 1. The topological polar surface area (TPSA) is 58.6 Å². The first-order valence-corrected chi connectivity index (χ1v) is 8.04. The number of benzene rings is 2. The third kappa shape index (κ3) is 4.58. The smallest absolute Gasteiger partial charge is 0.221 e. The van der Waals surface area contributed by atoms with Crippen LogP contribution in [0.5, 0.6) is 5.75 Å². The maximum atomic E-state index is 11.4. The molecule has 1 unspecified atom stereocenters. The Hall–Kier alpha value is -1.85. The van der Waals surface area contributed by atoms with E-state index in [1.54, 1.807) is 18.2 Å². The number of aliphatic hydroxyl groups is 1. The Labute approximate surface area is 138 Å². The van der Waals surface area contributed by atoms with Gasteiger partial charge < -0.3 is 15.2 Å². The summed E-state index contributed by atoms with van der Waals surface area (Å²) in [4.78, 5) is 11.4. The zero-order chi connectivity index (χ0) is 15.9. The summed E-state index contributed by atoms with van der Waals surface area (Å²) >= 11 is 3.24. The molecule has 116 valence electrons. The molecular weight excluding hydrogens is 346 g/mol. The first kappa shape index (κ1) is 16.5. The third-order valence-corrected chi connectivity index (χ3v) is 3.70. The van der Waals surface area contributed by atoms with Gasteiger partial charge in [0.2, 0.25) is 5.91 Å². The summed E-state index contributed by atoms with van der Waals surface area (Å²) in [6.45, 7) is 1.85. The van der Waals surface area contributed by atoms with Gasteiger partial charge in [0.05, 0.1) is 11.8 Å². The van der Waals surface area contributed by atoms with Crippen LogP contribution in [0.1, 0.15) is 24.2 Å². The average molecular weight is 364 g/mol. The molecule has 0 aromatic heterocycles. The van der Waals surface area contributed by atoms with Crippen molar-refractivity contribution in [2.75, 3.05) is 10.6 Å². The fraction of sp³-hybridized carbons (Fsp3) is 0.235. The fourth-order valence-corrected chi connectivity index (χ4v) is 2.37. The first-order chi connectivity index (χ1) is 10.6. The van der Waals surface area contributed by atoms with Crippen molar-refractivity contribution in [1.82, 2.24) is 0 Å². The van der Waals surface area contributed by atoms with Gasteiger partial charge in [0, 0.05) is 12.3 Å². The summed E-state index contributed by atoms with van der Waals surface area (Å²) in [7, 11) is 0. The van der Waals surface area contributed by atoms with E-state index in [1.165, 1.54) is 6.92 Å². The largest absolute Gasteiger partial charge is 0.487 e. The van der Waals surface area contributed by atoms with Gasteiger partial charge in [0.25, 0.3) is 0 Å². The molecule has 2 rings (SSSR count). The van der Waals surface area contributed by atoms with E-state index in [-0.39, 0.29) is 5.91 Å². The van der Waals surface area contributed by atoms with E-state index in [0.29, 0.717) is 28.9 Å². The van der Waals surface area contributed by atoms with E-state index in [4.69, 9.17) is 4.74 Å². The number of anilines is 1. The third-order valence-electron chi connectivity index (χ3n) is 3.08. The minimum Gasteiger partial charge on any atom is -0.487 e. The van der Waals surface area contributed by atoms with Crippen molar-refractivity contribution in [1.29, 1.82) is 0 Å². The minimum atomic E-state index is -0.629. The number of amides is 1. The van der Waals surface area contributed by atoms with Crippen molar-refractivity contribution in [2.45, 2.75) is 19.6 Å². The van der Waals surface area contributed by atoms with Crippen molar-refractivity contribution < 1.29 is 14.6 Å². The molecule has 0 saturated heterocycles. The van der Waals surface area contributed by atoms with E-state index < -0.39 is 6.10 Å². The summed E-state index contributed by atoms with van der Waals surface area (Å²) in [6, 6.07) is 15.1. The van der Waals surface area contributed by atoms with Crippen molar-refractivity contribution in [3.8, 4) is 5.75 Å². The lowest BCUT2D eigenvalue weighted by molar-refractivity contribution is -0.114. The molecule has 0 heterocycles. The molecule has 22 heavy (non-hydrogen) atoms. The Morgan fingerprint density at radius 1 is 1.27 bits per heavy atom. The van der Waals surface area contributed by atoms with Crippen LogP contribution in [0.4, 0.5) is 5.69 Å². The number of nitrogens with one attached hydrogen (secondary N) is 1.